The van der Waals surface area contributed by atoms with E-state index in [4.69, 9.17) is 9.97 Å². The van der Waals surface area contributed by atoms with Gasteiger partial charge in [0.15, 0.2) is 0 Å². The van der Waals surface area contributed by atoms with Crippen LogP contribution < -0.4 is 0 Å². The molecule has 0 radical (unpaired) electrons. The molecule has 2 atom stereocenters. The maximum absolute atomic E-state index is 9.59. The fraction of sp³-hybridized carbons (Fsp3) is 0.375. The number of aliphatic hydroxyl groups excluding tert-OH is 1. The fourth-order valence-corrected chi connectivity index (χ4v) is 5.98. The molecule has 5 heteroatoms. The number of hydrogen-bond acceptors (Lipinski definition) is 3. The Hall–Kier alpha value is -3.44. The number of rotatable bonds is 5. The molecule has 0 saturated heterocycles. The molecule has 192 valence electrons. The van der Waals surface area contributed by atoms with Crippen LogP contribution in [0.15, 0.2) is 30.8 Å². The summed E-state index contributed by atoms with van der Waals surface area (Å²) in [5.74, 6) is 0.517. The molecule has 8 bridgehead atoms. The highest BCUT2D eigenvalue weighted by atomic mass is 16.2. The summed E-state index contributed by atoms with van der Waals surface area (Å²) in [5.41, 5.74) is 15.6. The van der Waals surface area contributed by atoms with E-state index in [1.165, 1.54) is 22.3 Å². The van der Waals surface area contributed by atoms with Crippen molar-refractivity contribution in [2.75, 3.05) is 6.61 Å². The van der Waals surface area contributed by atoms with E-state index in [0.29, 0.717) is 0 Å². The van der Waals surface area contributed by atoms with Crippen LogP contribution in [0, 0.1) is 20.8 Å². The lowest BCUT2D eigenvalue weighted by Crippen LogP contribution is -2.04. The van der Waals surface area contributed by atoms with Crippen molar-refractivity contribution in [1.29, 1.82) is 0 Å². The number of nitrogens with zero attached hydrogens (tertiary/aromatic N) is 2. The van der Waals surface area contributed by atoms with Crippen LogP contribution >= 0.6 is 0 Å². The molecule has 5 heterocycles. The molecule has 0 saturated carbocycles. The predicted molar refractivity (Wildman–Crippen MR) is 156 cm³/mol. The second kappa shape index (κ2) is 9.79. The number of aromatic amines is 2. The smallest absolute Gasteiger partial charge is 0.0693 e. The predicted octanol–water partition coefficient (Wildman–Crippen LogP) is 7.88. The monoisotopic (exact) mass is 494 g/mol. The van der Waals surface area contributed by atoms with Crippen molar-refractivity contribution in [3.63, 3.8) is 0 Å². The highest BCUT2D eigenvalue weighted by Crippen LogP contribution is 2.41. The minimum Gasteiger partial charge on any atom is -0.396 e. The molecule has 2 aliphatic heterocycles. The number of H-pyrrole nitrogens is 2. The Morgan fingerprint density at radius 2 is 1.62 bits per heavy atom. The molecule has 37 heavy (non-hydrogen) atoms. The van der Waals surface area contributed by atoms with Crippen LogP contribution in [0.2, 0.25) is 0 Å². The number of nitrogens with one attached hydrogen (secondary N) is 2. The zero-order chi connectivity index (χ0) is 26.4. The second-order valence-corrected chi connectivity index (χ2v) is 10.6. The van der Waals surface area contributed by atoms with E-state index in [0.717, 1.165) is 75.2 Å². The van der Waals surface area contributed by atoms with E-state index >= 15 is 0 Å². The highest BCUT2D eigenvalue weighted by molar-refractivity contribution is 5.93. The lowest BCUT2D eigenvalue weighted by Gasteiger charge is -2.16. The van der Waals surface area contributed by atoms with Gasteiger partial charge in [-0.3, -0.25) is 4.98 Å². The number of aliphatic hydroxyl groups is 1. The largest absolute Gasteiger partial charge is 0.396 e. The first-order chi connectivity index (χ1) is 17.8. The molecular formula is C32H38N4O. The van der Waals surface area contributed by atoms with E-state index in [-0.39, 0.29) is 18.4 Å². The van der Waals surface area contributed by atoms with Gasteiger partial charge in [-0.2, -0.15) is 0 Å². The van der Waals surface area contributed by atoms with Gasteiger partial charge in [0.05, 0.1) is 11.4 Å². The van der Waals surface area contributed by atoms with Crippen molar-refractivity contribution in [2.24, 2.45) is 0 Å². The van der Waals surface area contributed by atoms with Crippen LogP contribution in [-0.4, -0.2) is 31.6 Å². The van der Waals surface area contributed by atoms with Gasteiger partial charge in [0.2, 0.25) is 0 Å². The Bertz CT molecular complexity index is 1580. The molecule has 0 amide bonds. The Morgan fingerprint density at radius 3 is 2.32 bits per heavy atom. The molecule has 3 N–H and O–H groups in total. The number of allylic oxidation sites excluding steroid dienone is 2. The molecule has 0 spiro atoms. The first-order valence-electron chi connectivity index (χ1n) is 13.4. The summed E-state index contributed by atoms with van der Waals surface area (Å²) in [6.07, 6.45) is 4.52. The maximum atomic E-state index is 9.59. The molecular weight excluding hydrogens is 456 g/mol. The molecule has 5 nitrogen and oxygen atoms in total. The molecule has 2 aliphatic rings. The standard InChI is InChI=1S/C32H38N4O/c1-8-22-19(5)28-16-31-23(9-2)18(4)27(34-31)15-29-20(6)24(11-10-12-37)32(36-29)21(7)26-13-17(3)25(33-26)14-30(22)35-28/h9,13-16,20,24,33-34,37H,2,8,10-12H2,1,3-7H3/t20-,24-/m0/s1. The topological polar surface area (TPSA) is 77.6 Å². The normalized spacial score (nSPS) is 17.5. The Kier molecular flexibility index (Phi) is 6.67. The second-order valence-electron chi connectivity index (χ2n) is 10.6. The number of aromatic nitrogens is 4. The quantitative estimate of drug-likeness (QED) is 0.337. The SMILES string of the molecule is C=Cc1c(C)c2cc3nc(c(C)c4cc(C)c(cc5nc(cc1[nH]2)C(C)=C5CC)[nH]4)[C@@H](CCCO)[C@@H]3C. The van der Waals surface area contributed by atoms with Gasteiger partial charge in [-0.25, -0.2) is 4.98 Å². The molecule has 3 aromatic rings. The van der Waals surface area contributed by atoms with Gasteiger partial charge in [-0.1, -0.05) is 26.5 Å². The zero-order valence-corrected chi connectivity index (χ0v) is 22.9. The van der Waals surface area contributed by atoms with Gasteiger partial charge >= 0.3 is 0 Å². The van der Waals surface area contributed by atoms with Gasteiger partial charge < -0.3 is 15.1 Å². The van der Waals surface area contributed by atoms with Gasteiger partial charge in [-0.05, 0) is 99.1 Å². The van der Waals surface area contributed by atoms with E-state index < -0.39 is 0 Å². The first-order valence-corrected chi connectivity index (χ1v) is 13.4. The summed E-state index contributed by atoms with van der Waals surface area (Å²) in [7, 11) is 0. The number of aryl methyl sites for hydroxylation is 3. The summed E-state index contributed by atoms with van der Waals surface area (Å²) in [6.45, 7) is 17.4. The maximum Gasteiger partial charge on any atom is 0.0693 e. The van der Waals surface area contributed by atoms with Gasteiger partial charge in [0.25, 0.3) is 0 Å². The molecule has 0 aromatic carbocycles. The van der Waals surface area contributed by atoms with Crippen LogP contribution in [0.25, 0.3) is 39.3 Å². The number of hydrogen-bond donors (Lipinski definition) is 3. The fourth-order valence-electron chi connectivity index (χ4n) is 5.98. The third-order valence-electron chi connectivity index (χ3n) is 8.35. The zero-order valence-electron chi connectivity index (χ0n) is 22.9. The van der Waals surface area contributed by atoms with E-state index in [1.807, 2.05) is 6.08 Å². The molecule has 3 aromatic heterocycles. The number of fused-ring (bicyclic) bond motifs is 8. The minimum atomic E-state index is 0.195. The summed E-state index contributed by atoms with van der Waals surface area (Å²) in [4.78, 5) is 17.6. The van der Waals surface area contributed by atoms with Crippen molar-refractivity contribution in [1.82, 2.24) is 19.9 Å². The van der Waals surface area contributed by atoms with E-state index in [1.54, 1.807) is 0 Å². The summed E-state index contributed by atoms with van der Waals surface area (Å²) >= 11 is 0. The molecule has 5 rings (SSSR count). The summed E-state index contributed by atoms with van der Waals surface area (Å²) in [6, 6.07) is 8.78. The van der Waals surface area contributed by atoms with Crippen LogP contribution in [0.3, 0.4) is 0 Å². The van der Waals surface area contributed by atoms with Crippen LogP contribution in [0.1, 0.15) is 96.9 Å². The Labute approximate surface area is 219 Å². The minimum absolute atomic E-state index is 0.195. The van der Waals surface area contributed by atoms with Gasteiger partial charge in [0, 0.05) is 57.5 Å². The molecule has 0 unspecified atom stereocenters. The van der Waals surface area contributed by atoms with Crippen molar-refractivity contribution in [2.45, 2.75) is 72.6 Å². The van der Waals surface area contributed by atoms with Crippen molar-refractivity contribution in [3.05, 3.63) is 75.9 Å². The average Bonchev–Trinajstić information content (AvgIpc) is 3.57. The Morgan fingerprint density at radius 1 is 0.919 bits per heavy atom. The van der Waals surface area contributed by atoms with Gasteiger partial charge in [-0.15, -0.1) is 0 Å². The first kappa shape index (κ1) is 25.2. The molecule has 0 fully saturated rings. The molecule has 0 aliphatic carbocycles. The van der Waals surface area contributed by atoms with Crippen LogP contribution in [0.5, 0.6) is 0 Å². The third-order valence-corrected chi connectivity index (χ3v) is 8.35. The Balaban J connectivity index is 1.93. The third kappa shape index (κ3) is 4.25. The summed E-state index contributed by atoms with van der Waals surface area (Å²) < 4.78 is 0. The highest BCUT2D eigenvalue weighted by Gasteiger charge is 2.30. The van der Waals surface area contributed by atoms with E-state index in [9.17, 15) is 5.11 Å². The van der Waals surface area contributed by atoms with E-state index in [2.05, 4.69) is 82.4 Å². The van der Waals surface area contributed by atoms with Crippen molar-refractivity contribution in [3.8, 4) is 0 Å². The van der Waals surface area contributed by atoms with Crippen molar-refractivity contribution < 1.29 is 5.11 Å². The lowest BCUT2D eigenvalue weighted by molar-refractivity contribution is 0.277. The van der Waals surface area contributed by atoms with Crippen LogP contribution in [-0.2, 0) is 0 Å². The van der Waals surface area contributed by atoms with Crippen LogP contribution in [0.4, 0.5) is 0 Å². The average molecular weight is 495 g/mol. The lowest BCUT2D eigenvalue weighted by atomic mass is 9.86. The van der Waals surface area contributed by atoms with Gasteiger partial charge in [0.1, 0.15) is 0 Å². The summed E-state index contributed by atoms with van der Waals surface area (Å²) in [5, 5.41) is 9.59. The van der Waals surface area contributed by atoms with Crippen molar-refractivity contribution >= 4 is 39.3 Å².